The van der Waals surface area contributed by atoms with Crippen LogP contribution >= 0.6 is 11.3 Å². The molecule has 21 heavy (non-hydrogen) atoms. The first-order chi connectivity index (χ1) is 10.2. The molecule has 2 aromatic rings. The van der Waals surface area contributed by atoms with Gasteiger partial charge in [-0.25, -0.2) is 4.79 Å². The average Bonchev–Trinajstić information content (AvgIpc) is 2.98. The number of carbonyl (C=O) groups excluding carboxylic acids is 1. The highest BCUT2D eigenvalue weighted by Crippen LogP contribution is 2.30. The van der Waals surface area contributed by atoms with E-state index < -0.39 is 5.97 Å². The van der Waals surface area contributed by atoms with Crippen LogP contribution in [-0.2, 0) is 4.74 Å². The molecule has 0 amide bonds. The lowest BCUT2D eigenvalue weighted by atomic mass is 9.86. The van der Waals surface area contributed by atoms with Crippen LogP contribution in [0.1, 0.15) is 23.2 Å². The molecule has 2 aromatic heterocycles. The van der Waals surface area contributed by atoms with Gasteiger partial charge in [0.05, 0.1) is 10.2 Å². The number of fused-ring (bicyclic) bond motifs is 4. The lowest BCUT2D eigenvalue weighted by Crippen LogP contribution is -2.52. The van der Waals surface area contributed by atoms with Crippen LogP contribution in [0.4, 0.5) is 0 Å². The topological polar surface area (TPSA) is 62.4 Å². The normalized spacial score (nSPS) is 27.9. The first-order valence-electron chi connectivity index (χ1n) is 7.24. The second-order valence-corrected chi connectivity index (χ2v) is 6.69. The highest BCUT2D eigenvalue weighted by molar-refractivity contribution is 7.17. The van der Waals surface area contributed by atoms with Crippen molar-refractivity contribution >= 4 is 27.5 Å². The van der Waals surface area contributed by atoms with Gasteiger partial charge in [0.2, 0.25) is 5.43 Å². The summed E-state index contributed by atoms with van der Waals surface area (Å²) in [6, 6.07) is 1.84. The fourth-order valence-corrected chi connectivity index (χ4v) is 4.14. The Kier molecular flexibility index (Phi) is 3.08. The lowest BCUT2D eigenvalue weighted by molar-refractivity contribution is -0.0456. The molecule has 0 aliphatic carbocycles. The monoisotopic (exact) mass is 304 g/mol. The van der Waals surface area contributed by atoms with Gasteiger partial charge in [0.1, 0.15) is 11.7 Å². The van der Waals surface area contributed by atoms with Crippen molar-refractivity contribution in [1.82, 2.24) is 9.88 Å². The zero-order valence-electron chi connectivity index (χ0n) is 11.5. The van der Waals surface area contributed by atoms with Crippen molar-refractivity contribution in [2.45, 2.75) is 18.9 Å². The molecule has 3 aliphatic rings. The van der Waals surface area contributed by atoms with E-state index in [0.717, 1.165) is 38.0 Å². The summed E-state index contributed by atoms with van der Waals surface area (Å²) in [7, 11) is 0. The Labute approximate surface area is 125 Å². The van der Waals surface area contributed by atoms with Crippen molar-refractivity contribution in [2.75, 3.05) is 19.6 Å². The summed E-state index contributed by atoms with van der Waals surface area (Å²) >= 11 is 1.34. The summed E-state index contributed by atoms with van der Waals surface area (Å²) in [6.07, 6.45) is 3.57. The number of aromatic nitrogens is 1. The molecule has 0 aromatic carbocycles. The molecule has 3 saturated heterocycles. The van der Waals surface area contributed by atoms with E-state index in [1.54, 1.807) is 0 Å². The minimum atomic E-state index is -0.495. The molecule has 5 rings (SSSR count). The molecular formula is C15H16N2O3S. The number of carbonyl (C=O) groups is 1. The Hall–Kier alpha value is -1.66. The van der Waals surface area contributed by atoms with Gasteiger partial charge >= 0.3 is 5.97 Å². The largest absolute Gasteiger partial charge is 0.457 e. The Bertz CT molecular complexity index is 743. The maximum Gasteiger partial charge on any atom is 0.344 e. The summed E-state index contributed by atoms with van der Waals surface area (Å²) in [6.45, 7) is 3.00. The molecule has 0 spiro atoms. The molecule has 1 N–H and O–H groups in total. The van der Waals surface area contributed by atoms with Gasteiger partial charge in [-0.15, -0.1) is 11.3 Å². The Morgan fingerprint density at radius 1 is 1.38 bits per heavy atom. The van der Waals surface area contributed by atoms with Crippen molar-refractivity contribution in [3.05, 3.63) is 33.4 Å². The quantitative estimate of drug-likeness (QED) is 0.860. The van der Waals surface area contributed by atoms with Crippen LogP contribution in [0.2, 0.25) is 0 Å². The summed E-state index contributed by atoms with van der Waals surface area (Å²) in [5, 5.41) is 1.84. The Morgan fingerprint density at radius 2 is 2.19 bits per heavy atom. The highest BCUT2D eigenvalue weighted by Gasteiger charge is 2.36. The third kappa shape index (κ3) is 2.18. The number of piperidine rings is 3. The molecule has 3 aliphatic heterocycles. The standard InChI is InChI=1S/C15H16N2O3S/c18-13-10(7-16-11-3-6-21-14(11)13)15(19)20-12-8-17-4-1-9(12)2-5-17/h3,6-7,9,12H,1-2,4-5,8H2,(H,16,18). The molecule has 3 fully saturated rings. The number of H-pyrrole nitrogens is 1. The molecular weight excluding hydrogens is 288 g/mol. The number of esters is 1. The fourth-order valence-electron chi connectivity index (χ4n) is 3.33. The zero-order chi connectivity index (χ0) is 14.4. The van der Waals surface area contributed by atoms with Gasteiger partial charge in [0.25, 0.3) is 0 Å². The summed E-state index contributed by atoms with van der Waals surface area (Å²) in [4.78, 5) is 29.9. The fraction of sp³-hybridized carbons (Fsp3) is 0.467. The molecule has 5 nitrogen and oxygen atoms in total. The van der Waals surface area contributed by atoms with Crippen LogP contribution < -0.4 is 5.43 Å². The first-order valence-corrected chi connectivity index (χ1v) is 8.12. The number of rotatable bonds is 2. The number of aromatic amines is 1. The van der Waals surface area contributed by atoms with E-state index in [-0.39, 0.29) is 17.1 Å². The van der Waals surface area contributed by atoms with Crippen LogP contribution in [0.25, 0.3) is 10.2 Å². The number of pyridine rings is 1. The van der Waals surface area contributed by atoms with Gasteiger partial charge in [0.15, 0.2) is 0 Å². The van der Waals surface area contributed by atoms with Crippen LogP contribution in [0.3, 0.4) is 0 Å². The van der Waals surface area contributed by atoms with Gasteiger partial charge < -0.3 is 9.72 Å². The predicted molar refractivity (Wildman–Crippen MR) is 80.8 cm³/mol. The summed E-state index contributed by atoms with van der Waals surface area (Å²) in [5.74, 6) is -0.0474. The molecule has 1 unspecified atom stereocenters. The number of ether oxygens (including phenoxy) is 1. The molecule has 0 saturated carbocycles. The maximum atomic E-state index is 12.3. The minimum Gasteiger partial charge on any atom is -0.457 e. The zero-order valence-corrected chi connectivity index (χ0v) is 12.3. The predicted octanol–water partition coefficient (Wildman–Crippen LogP) is 1.84. The van der Waals surface area contributed by atoms with Crippen LogP contribution in [0.15, 0.2) is 22.4 Å². The van der Waals surface area contributed by atoms with E-state index in [2.05, 4.69) is 9.88 Å². The molecule has 1 atom stereocenters. The van der Waals surface area contributed by atoms with Gasteiger partial charge in [-0.3, -0.25) is 9.69 Å². The summed E-state index contributed by atoms with van der Waals surface area (Å²) < 4.78 is 6.20. The van der Waals surface area contributed by atoms with Gasteiger partial charge in [-0.05, 0) is 43.3 Å². The van der Waals surface area contributed by atoms with Gasteiger partial charge in [-0.2, -0.15) is 0 Å². The van der Waals surface area contributed by atoms with E-state index in [0.29, 0.717) is 10.6 Å². The smallest absolute Gasteiger partial charge is 0.344 e. The van der Waals surface area contributed by atoms with E-state index in [9.17, 15) is 9.59 Å². The van der Waals surface area contributed by atoms with E-state index in [1.165, 1.54) is 17.5 Å². The molecule has 5 heterocycles. The molecule has 6 heteroatoms. The van der Waals surface area contributed by atoms with E-state index >= 15 is 0 Å². The highest BCUT2D eigenvalue weighted by atomic mass is 32.1. The first kappa shape index (κ1) is 13.0. The average molecular weight is 304 g/mol. The van der Waals surface area contributed by atoms with Crippen molar-refractivity contribution < 1.29 is 9.53 Å². The number of nitrogens with zero attached hydrogens (tertiary/aromatic N) is 1. The van der Waals surface area contributed by atoms with Gasteiger partial charge in [0, 0.05) is 12.7 Å². The number of hydrogen-bond acceptors (Lipinski definition) is 5. The van der Waals surface area contributed by atoms with Crippen molar-refractivity contribution in [3.63, 3.8) is 0 Å². The minimum absolute atomic E-state index is 0.0709. The maximum absolute atomic E-state index is 12.3. The third-order valence-corrected chi connectivity index (χ3v) is 5.48. The summed E-state index contributed by atoms with van der Waals surface area (Å²) in [5.41, 5.74) is 0.649. The molecule has 2 bridgehead atoms. The van der Waals surface area contributed by atoms with Crippen LogP contribution in [0.5, 0.6) is 0 Å². The van der Waals surface area contributed by atoms with E-state index in [4.69, 9.17) is 4.74 Å². The lowest BCUT2D eigenvalue weighted by Gasteiger charge is -2.43. The van der Waals surface area contributed by atoms with E-state index in [1.807, 2.05) is 11.4 Å². The van der Waals surface area contributed by atoms with Crippen LogP contribution in [-0.4, -0.2) is 41.6 Å². The number of hydrogen-bond donors (Lipinski definition) is 1. The van der Waals surface area contributed by atoms with Gasteiger partial charge in [-0.1, -0.05) is 0 Å². The second-order valence-electron chi connectivity index (χ2n) is 5.78. The van der Waals surface area contributed by atoms with Crippen molar-refractivity contribution in [2.24, 2.45) is 5.92 Å². The Balaban J connectivity index is 1.59. The third-order valence-electron chi connectivity index (χ3n) is 4.56. The Morgan fingerprint density at radius 3 is 2.90 bits per heavy atom. The van der Waals surface area contributed by atoms with Crippen molar-refractivity contribution in [3.8, 4) is 0 Å². The van der Waals surface area contributed by atoms with Crippen molar-refractivity contribution in [1.29, 1.82) is 0 Å². The van der Waals surface area contributed by atoms with Crippen LogP contribution in [0, 0.1) is 5.92 Å². The molecule has 0 radical (unpaired) electrons. The second kappa shape index (κ2) is 4.96. The number of thiophene rings is 1. The SMILES string of the molecule is O=C(OC1CN2CCC1CC2)c1c[nH]c2ccsc2c1=O. The number of nitrogens with one attached hydrogen (secondary N) is 1. The molecule has 110 valence electrons.